The van der Waals surface area contributed by atoms with Gasteiger partial charge in [0.1, 0.15) is 0 Å². The van der Waals surface area contributed by atoms with Gasteiger partial charge in [0.2, 0.25) is 0 Å². The Morgan fingerprint density at radius 3 is 1.95 bits per heavy atom. The highest BCUT2D eigenvalue weighted by Gasteiger charge is 2.07. The Kier molecular flexibility index (Phi) is 3.35. The van der Waals surface area contributed by atoms with Crippen molar-refractivity contribution in [2.45, 2.75) is 4.90 Å². The predicted molar refractivity (Wildman–Crippen MR) is 82.1 cm³/mol. The van der Waals surface area contributed by atoms with Crippen LogP contribution in [0.4, 0.5) is 0 Å². The maximum Gasteiger partial charge on any atom is 0.175 e. The average molecular weight is 298 g/mol. The van der Waals surface area contributed by atoms with Gasteiger partial charge in [0.15, 0.2) is 9.84 Å². The topological polar surface area (TPSA) is 52.0 Å². The Hall–Kier alpha value is -2.40. The predicted octanol–water partition coefficient (Wildman–Crippen LogP) is 2.94. The molecule has 0 unspecified atom stereocenters. The normalized spacial score (nSPS) is 11.5. The molecule has 3 aromatic rings. The van der Waals surface area contributed by atoms with E-state index in [2.05, 4.69) is 5.10 Å². The summed E-state index contributed by atoms with van der Waals surface area (Å²) in [6, 6.07) is 16.7. The maximum atomic E-state index is 11.4. The molecule has 0 aliphatic carbocycles. The van der Waals surface area contributed by atoms with Crippen LogP contribution < -0.4 is 0 Å². The molecule has 0 N–H and O–H groups in total. The van der Waals surface area contributed by atoms with Crippen molar-refractivity contribution in [2.75, 3.05) is 6.26 Å². The first-order chi connectivity index (χ1) is 10.0. The van der Waals surface area contributed by atoms with E-state index in [1.54, 1.807) is 23.0 Å². The zero-order chi connectivity index (χ0) is 14.9. The highest BCUT2D eigenvalue weighted by molar-refractivity contribution is 7.90. The summed E-state index contributed by atoms with van der Waals surface area (Å²) in [6.07, 6.45) is 4.83. The van der Waals surface area contributed by atoms with Gasteiger partial charge in [-0.3, -0.25) is 0 Å². The lowest BCUT2D eigenvalue weighted by Gasteiger charge is -2.05. The average Bonchev–Trinajstić information content (AvgIpc) is 3.01. The van der Waals surface area contributed by atoms with Crippen molar-refractivity contribution in [3.05, 3.63) is 67.0 Å². The lowest BCUT2D eigenvalue weighted by molar-refractivity contribution is 0.602. The minimum absolute atomic E-state index is 0.333. The summed E-state index contributed by atoms with van der Waals surface area (Å²) < 4.78 is 24.7. The van der Waals surface area contributed by atoms with Crippen molar-refractivity contribution in [1.29, 1.82) is 0 Å². The van der Waals surface area contributed by atoms with Gasteiger partial charge in [-0.2, -0.15) is 5.10 Å². The second kappa shape index (κ2) is 5.18. The SMILES string of the molecule is CS(=O)(=O)c1ccc(-c2ccc(-n3cccn3)cc2)cc1. The molecular formula is C16H14N2O2S. The molecule has 0 atom stereocenters. The van der Waals surface area contributed by atoms with Crippen LogP contribution in [0.1, 0.15) is 0 Å². The summed E-state index contributed by atoms with van der Waals surface area (Å²) in [7, 11) is -3.15. The molecule has 0 aliphatic rings. The number of sulfone groups is 1. The highest BCUT2D eigenvalue weighted by Crippen LogP contribution is 2.22. The summed E-state index contributed by atoms with van der Waals surface area (Å²) in [5.74, 6) is 0. The molecule has 21 heavy (non-hydrogen) atoms. The quantitative estimate of drug-likeness (QED) is 0.747. The third kappa shape index (κ3) is 2.87. The third-order valence-electron chi connectivity index (χ3n) is 3.25. The number of hydrogen-bond donors (Lipinski definition) is 0. The van der Waals surface area contributed by atoms with Gasteiger partial charge in [0.25, 0.3) is 0 Å². The molecule has 4 nitrogen and oxygen atoms in total. The van der Waals surface area contributed by atoms with Crippen LogP contribution in [0.5, 0.6) is 0 Å². The maximum absolute atomic E-state index is 11.4. The second-order valence-corrected chi connectivity index (χ2v) is 6.81. The van der Waals surface area contributed by atoms with Gasteiger partial charge in [-0.25, -0.2) is 13.1 Å². The van der Waals surface area contributed by atoms with E-state index in [1.165, 1.54) is 6.26 Å². The Morgan fingerprint density at radius 1 is 0.905 bits per heavy atom. The van der Waals surface area contributed by atoms with E-state index in [4.69, 9.17) is 0 Å². The zero-order valence-corrected chi connectivity index (χ0v) is 12.3. The van der Waals surface area contributed by atoms with Gasteiger partial charge in [-0.1, -0.05) is 24.3 Å². The van der Waals surface area contributed by atoms with E-state index >= 15 is 0 Å². The number of hydrogen-bond acceptors (Lipinski definition) is 3. The molecule has 0 saturated heterocycles. The van der Waals surface area contributed by atoms with Gasteiger partial charge >= 0.3 is 0 Å². The molecular weight excluding hydrogens is 284 g/mol. The summed E-state index contributed by atoms with van der Waals surface area (Å²) in [5.41, 5.74) is 3.00. The van der Waals surface area contributed by atoms with Crippen LogP contribution in [0.2, 0.25) is 0 Å². The van der Waals surface area contributed by atoms with Gasteiger partial charge in [0, 0.05) is 18.6 Å². The standard InChI is InChI=1S/C16H14N2O2S/c1-21(19,20)16-9-5-14(6-10-16)13-3-7-15(8-4-13)18-12-2-11-17-18/h2-12H,1H3. The van der Waals surface area contributed by atoms with Crippen molar-refractivity contribution >= 4 is 9.84 Å². The molecule has 0 radical (unpaired) electrons. The molecule has 106 valence electrons. The fourth-order valence-corrected chi connectivity index (χ4v) is 2.75. The zero-order valence-electron chi connectivity index (χ0n) is 11.5. The number of rotatable bonds is 3. The molecule has 5 heteroatoms. The van der Waals surface area contributed by atoms with Crippen LogP contribution in [-0.4, -0.2) is 24.5 Å². The van der Waals surface area contributed by atoms with Gasteiger partial charge in [-0.15, -0.1) is 0 Å². The Morgan fingerprint density at radius 2 is 1.48 bits per heavy atom. The van der Waals surface area contributed by atoms with Crippen LogP contribution in [-0.2, 0) is 9.84 Å². The van der Waals surface area contributed by atoms with Crippen molar-refractivity contribution in [3.63, 3.8) is 0 Å². The molecule has 0 aliphatic heterocycles. The molecule has 3 rings (SSSR count). The number of benzene rings is 2. The van der Waals surface area contributed by atoms with Crippen LogP contribution in [0.25, 0.3) is 16.8 Å². The molecule has 0 bridgehead atoms. The largest absolute Gasteiger partial charge is 0.241 e. The lowest BCUT2D eigenvalue weighted by atomic mass is 10.1. The van der Waals surface area contributed by atoms with Crippen molar-refractivity contribution in [2.24, 2.45) is 0 Å². The second-order valence-electron chi connectivity index (χ2n) is 4.79. The van der Waals surface area contributed by atoms with E-state index in [0.29, 0.717) is 4.90 Å². The summed E-state index contributed by atoms with van der Waals surface area (Å²) in [4.78, 5) is 0.333. The molecule has 0 fully saturated rings. The van der Waals surface area contributed by atoms with Crippen molar-refractivity contribution in [1.82, 2.24) is 9.78 Å². The molecule has 2 aromatic carbocycles. The van der Waals surface area contributed by atoms with Gasteiger partial charge < -0.3 is 0 Å². The molecule has 0 spiro atoms. The number of aromatic nitrogens is 2. The van der Waals surface area contributed by atoms with Crippen molar-refractivity contribution in [3.8, 4) is 16.8 Å². The summed E-state index contributed by atoms with van der Waals surface area (Å²) in [6.45, 7) is 0. The summed E-state index contributed by atoms with van der Waals surface area (Å²) >= 11 is 0. The van der Waals surface area contributed by atoms with E-state index in [1.807, 2.05) is 48.7 Å². The highest BCUT2D eigenvalue weighted by atomic mass is 32.2. The Labute approximate surface area is 123 Å². The van der Waals surface area contributed by atoms with Crippen molar-refractivity contribution < 1.29 is 8.42 Å². The van der Waals surface area contributed by atoms with Crippen LogP contribution >= 0.6 is 0 Å². The molecule has 0 saturated carbocycles. The number of nitrogens with zero attached hydrogens (tertiary/aromatic N) is 2. The van der Waals surface area contributed by atoms with E-state index in [-0.39, 0.29) is 0 Å². The third-order valence-corrected chi connectivity index (χ3v) is 4.38. The molecule has 1 heterocycles. The fraction of sp³-hybridized carbons (Fsp3) is 0.0625. The van der Waals surface area contributed by atoms with Gasteiger partial charge in [0.05, 0.1) is 10.6 Å². The Balaban J connectivity index is 1.91. The lowest BCUT2D eigenvalue weighted by Crippen LogP contribution is -1.96. The van der Waals surface area contributed by atoms with Crippen LogP contribution in [0, 0.1) is 0 Å². The first-order valence-corrected chi connectivity index (χ1v) is 8.34. The summed E-state index contributed by atoms with van der Waals surface area (Å²) in [5, 5.41) is 4.18. The van der Waals surface area contributed by atoms with E-state index in [9.17, 15) is 8.42 Å². The molecule has 0 amide bonds. The molecule has 1 aromatic heterocycles. The smallest absolute Gasteiger partial charge is 0.175 e. The first kappa shape index (κ1) is 13.6. The van der Waals surface area contributed by atoms with Crippen LogP contribution in [0.3, 0.4) is 0 Å². The van der Waals surface area contributed by atoms with Crippen LogP contribution in [0.15, 0.2) is 71.9 Å². The first-order valence-electron chi connectivity index (χ1n) is 6.45. The van der Waals surface area contributed by atoms with E-state index in [0.717, 1.165) is 16.8 Å². The Bertz CT molecular complexity index is 834. The van der Waals surface area contributed by atoms with E-state index < -0.39 is 9.84 Å². The minimum atomic E-state index is -3.15. The minimum Gasteiger partial charge on any atom is -0.241 e. The fourth-order valence-electron chi connectivity index (χ4n) is 2.12. The van der Waals surface area contributed by atoms with Gasteiger partial charge in [-0.05, 0) is 41.5 Å². The monoisotopic (exact) mass is 298 g/mol.